The zero-order valence-corrected chi connectivity index (χ0v) is 20.8. The van der Waals surface area contributed by atoms with Crippen molar-refractivity contribution in [3.8, 4) is 0 Å². The van der Waals surface area contributed by atoms with Gasteiger partial charge in [0.2, 0.25) is 0 Å². The van der Waals surface area contributed by atoms with E-state index in [-0.39, 0.29) is 11.1 Å². The molecule has 6 nitrogen and oxygen atoms in total. The van der Waals surface area contributed by atoms with Crippen molar-refractivity contribution in [2.75, 3.05) is 0 Å². The van der Waals surface area contributed by atoms with Crippen molar-refractivity contribution in [2.24, 2.45) is 0 Å². The molecule has 0 unspecified atom stereocenters. The second-order valence-corrected chi connectivity index (χ2v) is 8.83. The smallest absolute Gasteiger partial charge is 0.335 e. The standard InChI is InChI=1S/C33H26O6/c34-31(35)28-13-7-22(8-14-28)1-4-25-19-26(5-2-23-9-15-29(16-10-23)32(36)37)21-27(20-25)6-3-24-11-17-30(18-12-24)33(38)39/h1-21,31,34-35H,(H,36,37)(H,38,39)/b4-1+,5-2+,6-3+. The molecule has 0 saturated heterocycles. The minimum atomic E-state index is -1.51. The highest BCUT2D eigenvalue weighted by Gasteiger charge is 2.03. The van der Waals surface area contributed by atoms with Crippen LogP contribution in [-0.4, -0.2) is 32.4 Å². The normalized spacial score (nSPS) is 11.7. The summed E-state index contributed by atoms with van der Waals surface area (Å²) in [5.41, 5.74) is 6.29. The van der Waals surface area contributed by atoms with Crippen molar-refractivity contribution >= 4 is 48.4 Å². The summed E-state index contributed by atoms with van der Waals surface area (Å²) in [6, 6.07) is 26.2. The van der Waals surface area contributed by atoms with Gasteiger partial charge in [0, 0.05) is 5.56 Å². The molecule has 0 fully saturated rings. The fraction of sp³-hybridized carbons (Fsp3) is 0.0303. The number of carboxylic acid groups (broad SMARTS) is 2. The summed E-state index contributed by atoms with van der Waals surface area (Å²) >= 11 is 0. The van der Waals surface area contributed by atoms with Crippen molar-refractivity contribution < 1.29 is 30.0 Å². The van der Waals surface area contributed by atoms with E-state index in [1.165, 1.54) is 0 Å². The molecule has 0 radical (unpaired) electrons. The van der Waals surface area contributed by atoms with Gasteiger partial charge < -0.3 is 20.4 Å². The van der Waals surface area contributed by atoms with Gasteiger partial charge in [-0.3, -0.25) is 0 Å². The van der Waals surface area contributed by atoms with E-state index < -0.39 is 18.2 Å². The topological polar surface area (TPSA) is 115 Å². The van der Waals surface area contributed by atoms with E-state index in [0.29, 0.717) is 5.56 Å². The maximum absolute atomic E-state index is 11.1. The highest BCUT2D eigenvalue weighted by molar-refractivity contribution is 5.89. The van der Waals surface area contributed by atoms with E-state index in [1.54, 1.807) is 72.8 Å². The minimum Gasteiger partial charge on any atom is -0.478 e. The van der Waals surface area contributed by atoms with Crippen LogP contribution in [0.15, 0.2) is 91.0 Å². The van der Waals surface area contributed by atoms with Crippen LogP contribution < -0.4 is 0 Å². The molecule has 4 rings (SSSR count). The third-order valence-corrected chi connectivity index (χ3v) is 5.95. The van der Waals surface area contributed by atoms with Gasteiger partial charge in [-0.05, 0) is 75.8 Å². The van der Waals surface area contributed by atoms with Gasteiger partial charge in [0.1, 0.15) is 0 Å². The molecule has 194 valence electrons. The molecule has 0 bridgehead atoms. The number of carboxylic acids is 2. The second-order valence-electron chi connectivity index (χ2n) is 8.83. The number of hydrogen-bond acceptors (Lipinski definition) is 4. The SMILES string of the molecule is O=C(O)c1ccc(/C=C/c2cc(/C=C/c3ccc(C(=O)O)cc3)cc(/C=C/c3ccc(C(O)O)cc3)c2)cc1. The fourth-order valence-electron chi connectivity index (χ4n) is 3.82. The van der Waals surface area contributed by atoms with Crippen LogP contribution in [0.3, 0.4) is 0 Å². The number of hydrogen-bond donors (Lipinski definition) is 4. The van der Waals surface area contributed by atoms with Gasteiger partial charge in [0.15, 0.2) is 6.29 Å². The van der Waals surface area contributed by atoms with Crippen LogP contribution in [0.25, 0.3) is 36.5 Å². The van der Waals surface area contributed by atoms with E-state index in [4.69, 9.17) is 10.2 Å². The average Bonchev–Trinajstić information content (AvgIpc) is 2.94. The Hall–Kier alpha value is -5.04. The minimum absolute atomic E-state index is 0.227. The predicted molar refractivity (Wildman–Crippen MR) is 154 cm³/mol. The molecule has 0 aromatic heterocycles. The van der Waals surface area contributed by atoms with Gasteiger partial charge in [-0.2, -0.15) is 0 Å². The summed E-state index contributed by atoms with van der Waals surface area (Å²) in [5, 5.41) is 36.8. The van der Waals surface area contributed by atoms with Crippen molar-refractivity contribution in [1.82, 2.24) is 0 Å². The molecule has 0 amide bonds. The quantitative estimate of drug-likeness (QED) is 0.147. The first-order valence-electron chi connectivity index (χ1n) is 12.1. The number of aromatic carboxylic acids is 2. The van der Waals surface area contributed by atoms with Crippen LogP contribution in [0.5, 0.6) is 0 Å². The highest BCUT2D eigenvalue weighted by Crippen LogP contribution is 2.20. The van der Waals surface area contributed by atoms with E-state index in [1.807, 2.05) is 54.7 Å². The third-order valence-electron chi connectivity index (χ3n) is 5.95. The molecular weight excluding hydrogens is 492 g/mol. The number of carbonyl (C=O) groups is 2. The summed E-state index contributed by atoms with van der Waals surface area (Å²) in [7, 11) is 0. The van der Waals surface area contributed by atoms with Crippen LogP contribution >= 0.6 is 0 Å². The number of rotatable bonds is 9. The first kappa shape index (κ1) is 27.0. The van der Waals surface area contributed by atoms with E-state index in [2.05, 4.69) is 0 Å². The summed E-state index contributed by atoms with van der Waals surface area (Å²) < 4.78 is 0. The van der Waals surface area contributed by atoms with Gasteiger partial charge in [-0.1, -0.05) is 85.0 Å². The average molecular weight is 519 g/mol. The Balaban J connectivity index is 1.62. The van der Waals surface area contributed by atoms with Crippen LogP contribution in [0.4, 0.5) is 0 Å². The molecule has 0 aliphatic heterocycles. The molecule has 0 atom stereocenters. The van der Waals surface area contributed by atoms with Crippen LogP contribution in [-0.2, 0) is 0 Å². The number of benzene rings is 4. The Morgan fingerprint density at radius 1 is 0.462 bits per heavy atom. The molecule has 0 heterocycles. The zero-order chi connectivity index (χ0) is 27.8. The van der Waals surface area contributed by atoms with Crippen molar-refractivity contribution in [3.63, 3.8) is 0 Å². The summed E-state index contributed by atoms with van der Waals surface area (Å²) in [5.74, 6) is -1.94. The zero-order valence-electron chi connectivity index (χ0n) is 20.8. The molecule has 4 aromatic carbocycles. The lowest BCUT2D eigenvalue weighted by atomic mass is 10.0. The monoisotopic (exact) mass is 518 g/mol. The van der Waals surface area contributed by atoms with E-state index in [9.17, 15) is 19.8 Å². The molecule has 4 aromatic rings. The highest BCUT2D eigenvalue weighted by atomic mass is 16.5. The van der Waals surface area contributed by atoms with Crippen molar-refractivity contribution in [2.45, 2.75) is 6.29 Å². The van der Waals surface area contributed by atoms with Gasteiger partial charge in [0.25, 0.3) is 0 Å². The molecular formula is C33H26O6. The molecule has 0 aliphatic carbocycles. The van der Waals surface area contributed by atoms with Crippen molar-refractivity contribution in [1.29, 1.82) is 0 Å². The van der Waals surface area contributed by atoms with Crippen LogP contribution in [0.2, 0.25) is 0 Å². The lowest BCUT2D eigenvalue weighted by molar-refractivity contribution is -0.0424. The molecule has 0 saturated carbocycles. The van der Waals surface area contributed by atoms with Crippen molar-refractivity contribution in [3.05, 3.63) is 141 Å². The number of aliphatic hydroxyl groups is 2. The number of aliphatic hydroxyl groups excluding tert-OH is 1. The largest absolute Gasteiger partial charge is 0.478 e. The summed E-state index contributed by atoms with van der Waals surface area (Å²) in [6.07, 6.45) is 10.1. The Kier molecular flexibility index (Phi) is 8.64. The maximum Gasteiger partial charge on any atom is 0.335 e. The molecule has 4 N–H and O–H groups in total. The Labute approximate surface area is 225 Å². The summed E-state index contributed by atoms with van der Waals surface area (Å²) in [6.45, 7) is 0. The van der Waals surface area contributed by atoms with E-state index in [0.717, 1.165) is 33.4 Å². The molecule has 0 spiro atoms. The first-order chi connectivity index (χ1) is 18.8. The first-order valence-corrected chi connectivity index (χ1v) is 12.1. The van der Waals surface area contributed by atoms with Gasteiger partial charge in [-0.25, -0.2) is 9.59 Å². The van der Waals surface area contributed by atoms with Crippen LogP contribution in [0, 0.1) is 0 Å². The second kappa shape index (κ2) is 12.5. The molecule has 39 heavy (non-hydrogen) atoms. The van der Waals surface area contributed by atoms with Gasteiger partial charge in [0.05, 0.1) is 11.1 Å². The maximum atomic E-state index is 11.1. The van der Waals surface area contributed by atoms with Crippen LogP contribution in [0.1, 0.15) is 66.0 Å². The predicted octanol–water partition coefficient (Wildman–Crippen LogP) is 6.58. The summed E-state index contributed by atoms with van der Waals surface area (Å²) in [4.78, 5) is 22.2. The molecule has 0 aliphatic rings. The Bertz CT molecular complexity index is 1460. The Morgan fingerprint density at radius 3 is 1.03 bits per heavy atom. The fourth-order valence-corrected chi connectivity index (χ4v) is 3.82. The lowest BCUT2D eigenvalue weighted by Gasteiger charge is -2.05. The van der Waals surface area contributed by atoms with Gasteiger partial charge >= 0.3 is 11.9 Å². The molecule has 6 heteroatoms. The van der Waals surface area contributed by atoms with Gasteiger partial charge in [-0.15, -0.1) is 0 Å². The third kappa shape index (κ3) is 7.72. The van der Waals surface area contributed by atoms with E-state index >= 15 is 0 Å². The lowest BCUT2D eigenvalue weighted by Crippen LogP contribution is -1.94. The Morgan fingerprint density at radius 2 is 0.744 bits per heavy atom.